The monoisotopic (exact) mass is 311 g/mol. The normalized spacial score (nSPS) is 11.2. The van der Waals surface area contributed by atoms with Crippen molar-refractivity contribution >= 4 is 17.6 Å². The predicted octanol–water partition coefficient (Wildman–Crippen LogP) is 1.93. The number of ether oxygens (including phenoxy) is 1. The predicted molar refractivity (Wildman–Crippen MR) is 77.5 cm³/mol. The summed E-state index contributed by atoms with van der Waals surface area (Å²) in [6.07, 6.45) is 0. The van der Waals surface area contributed by atoms with Crippen LogP contribution in [0.1, 0.15) is 47.2 Å². The summed E-state index contributed by atoms with van der Waals surface area (Å²) in [7, 11) is 3.11. The number of esters is 1. The largest absolute Gasteiger partial charge is 0.464 e. The summed E-state index contributed by atoms with van der Waals surface area (Å²) in [5, 5.41) is 12.8. The van der Waals surface area contributed by atoms with Gasteiger partial charge in [-0.05, 0) is 12.8 Å². The summed E-state index contributed by atoms with van der Waals surface area (Å²) in [5.74, 6) is -0.413. The number of rotatable bonds is 4. The molecule has 2 aromatic heterocycles. The second-order valence-electron chi connectivity index (χ2n) is 5.11. The van der Waals surface area contributed by atoms with Crippen LogP contribution in [0.15, 0.2) is 0 Å². The minimum absolute atomic E-state index is 0.0739. The zero-order valence-electron chi connectivity index (χ0n) is 12.7. The number of nitrogens with zero attached hydrogens (tertiary/aromatic N) is 5. The lowest BCUT2D eigenvalue weighted by Crippen LogP contribution is -2.12. The smallest absolute Gasteiger partial charge is 0.360 e. The molecule has 0 aliphatic rings. The first-order valence-corrected chi connectivity index (χ1v) is 6.94. The number of hydrogen-bond donors (Lipinski definition) is 0. The van der Waals surface area contributed by atoms with Crippen LogP contribution >= 0.6 is 11.6 Å². The molecule has 0 aliphatic carbocycles. The van der Waals surface area contributed by atoms with Crippen molar-refractivity contribution in [2.24, 2.45) is 7.05 Å². The number of aromatic nitrogens is 5. The molecule has 0 aliphatic heterocycles. The van der Waals surface area contributed by atoms with Crippen molar-refractivity contribution in [3.63, 3.8) is 0 Å². The van der Waals surface area contributed by atoms with Crippen molar-refractivity contribution in [2.75, 3.05) is 7.11 Å². The Morgan fingerprint density at radius 1 is 1.43 bits per heavy atom. The van der Waals surface area contributed by atoms with Gasteiger partial charge < -0.3 is 4.74 Å². The van der Waals surface area contributed by atoms with Crippen LogP contribution in [-0.2, 0) is 18.3 Å². The minimum atomic E-state index is -0.487. The lowest BCUT2D eigenvalue weighted by Gasteiger charge is -2.10. The molecular formula is C13H18ClN5O2. The third kappa shape index (κ3) is 2.78. The van der Waals surface area contributed by atoms with E-state index in [1.54, 1.807) is 16.4 Å². The van der Waals surface area contributed by atoms with Gasteiger partial charge in [-0.1, -0.05) is 30.7 Å². The van der Waals surface area contributed by atoms with E-state index in [0.717, 1.165) is 17.0 Å². The molecular weight excluding hydrogens is 294 g/mol. The number of carbonyl (C=O) groups is 1. The van der Waals surface area contributed by atoms with Gasteiger partial charge in [0.05, 0.1) is 25.0 Å². The van der Waals surface area contributed by atoms with Crippen LogP contribution < -0.4 is 0 Å². The first-order chi connectivity index (χ1) is 9.86. The van der Waals surface area contributed by atoms with Gasteiger partial charge in [-0.3, -0.25) is 4.68 Å². The number of methoxy groups -OCH3 is 1. The summed E-state index contributed by atoms with van der Waals surface area (Å²) in [5.41, 5.74) is 2.65. The Kier molecular flexibility index (Phi) is 4.32. The molecule has 0 saturated carbocycles. The van der Waals surface area contributed by atoms with Gasteiger partial charge in [0, 0.05) is 12.6 Å². The van der Waals surface area contributed by atoms with E-state index in [-0.39, 0.29) is 11.6 Å². The van der Waals surface area contributed by atoms with Gasteiger partial charge in [0.1, 0.15) is 5.15 Å². The van der Waals surface area contributed by atoms with Gasteiger partial charge in [0.25, 0.3) is 0 Å². The lowest BCUT2D eigenvalue weighted by atomic mass is 10.1. The molecule has 0 radical (unpaired) electrons. The molecule has 0 aromatic carbocycles. The molecule has 0 amide bonds. The van der Waals surface area contributed by atoms with Gasteiger partial charge in [0.2, 0.25) is 0 Å². The number of halogens is 1. The fourth-order valence-electron chi connectivity index (χ4n) is 2.25. The maximum Gasteiger partial charge on any atom is 0.360 e. The molecule has 2 heterocycles. The van der Waals surface area contributed by atoms with Gasteiger partial charge in [-0.2, -0.15) is 5.10 Å². The SMILES string of the molecule is COC(=O)c1nnn(Cc2c(C)nn(C)c2Cl)c1C(C)C. The topological polar surface area (TPSA) is 74.8 Å². The van der Waals surface area contributed by atoms with Crippen molar-refractivity contribution in [1.82, 2.24) is 24.8 Å². The van der Waals surface area contributed by atoms with Gasteiger partial charge in [-0.25, -0.2) is 9.48 Å². The molecule has 0 bridgehead atoms. The zero-order valence-corrected chi connectivity index (χ0v) is 13.5. The Balaban J connectivity index is 2.45. The first-order valence-electron chi connectivity index (χ1n) is 6.56. The average Bonchev–Trinajstić information content (AvgIpc) is 2.95. The summed E-state index contributed by atoms with van der Waals surface area (Å²) in [6.45, 7) is 6.24. The highest BCUT2D eigenvalue weighted by molar-refractivity contribution is 6.30. The molecule has 7 nitrogen and oxygen atoms in total. The Morgan fingerprint density at radius 3 is 2.57 bits per heavy atom. The van der Waals surface area contributed by atoms with E-state index in [1.807, 2.05) is 20.8 Å². The highest BCUT2D eigenvalue weighted by atomic mass is 35.5. The molecule has 0 N–H and O–H groups in total. The van der Waals surface area contributed by atoms with Crippen LogP contribution in [0, 0.1) is 6.92 Å². The quantitative estimate of drug-likeness (QED) is 0.807. The summed E-state index contributed by atoms with van der Waals surface area (Å²) in [4.78, 5) is 11.8. The van der Waals surface area contributed by atoms with Gasteiger partial charge in [-0.15, -0.1) is 5.10 Å². The molecule has 0 fully saturated rings. The molecule has 2 aromatic rings. The number of aryl methyl sites for hydroxylation is 2. The molecule has 21 heavy (non-hydrogen) atoms. The van der Waals surface area contributed by atoms with Crippen LogP contribution in [0.2, 0.25) is 5.15 Å². The first kappa shape index (κ1) is 15.5. The van der Waals surface area contributed by atoms with Crippen molar-refractivity contribution in [3.8, 4) is 0 Å². The van der Waals surface area contributed by atoms with Crippen LogP contribution in [0.3, 0.4) is 0 Å². The zero-order chi connectivity index (χ0) is 15.7. The highest BCUT2D eigenvalue weighted by Gasteiger charge is 2.24. The van der Waals surface area contributed by atoms with Crippen molar-refractivity contribution in [3.05, 3.63) is 27.8 Å². The molecule has 0 atom stereocenters. The maximum atomic E-state index is 11.8. The van der Waals surface area contributed by atoms with E-state index in [4.69, 9.17) is 16.3 Å². The number of hydrogen-bond acceptors (Lipinski definition) is 5. The summed E-state index contributed by atoms with van der Waals surface area (Å²) < 4.78 is 8.03. The Hall–Kier alpha value is -1.89. The van der Waals surface area contributed by atoms with Crippen molar-refractivity contribution in [1.29, 1.82) is 0 Å². The van der Waals surface area contributed by atoms with Crippen molar-refractivity contribution < 1.29 is 9.53 Å². The minimum Gasteiger partial charge on any atom is -0.464 e. The van der Waals surface area contributed by atoms with Crippen LogP contribution in [0.4, 0.5) is 0 Å². The lowest BCUT2D eigenvalue weighted by molar-refractivity contribution is 0.0592. The Bertz CT molecular complexity index is 674. The Morgan fingerprint density at radius 2 is 2.10 bits per heavy atom. The van der Waals surface area contributed by atoms with Crippen LogP contribution in [0.5, 0.6) is 0 Å². The molecule has 2 rings (SSSR count). The van der Waals surface area contributed by atoms with Crippen LogP contribution in [0.25, 0.3) is 0 Å². The fraction of sp³-hybridized carbons (Fsp3) is 0.538. The summed E-state index contributed by atoms with van der Waals surface area (Å²) in [6, 6.07) is 0. The van der Waals surface area contributed by atoms with Gasteiger partial charge >= 0.3 is 5.97 Å². The number of carbonyl (C=O) groups excluding carboxylic acids is 1. The molecule has 0 saturated heterocycles. The maximum absolute atomic E-state index is 11.8. The Labute approximate surface area is 127 Å². The molecule has 114 valence electrons. The van der Waals surface area contributed by atoms with E-state index in [1.165, 1.54) is 7.11 Å². The highest BCUT2D eigenvalue weighted by Crippen LogP contribution is 2.23. The molecule has 8 heteroatoms. The third-order valence-corrected chi connectivity index (χ3v) is 3.75. The van der Waals surface area contributed by atoms with E-state index >= 15 is 0 Å². The van der Waals surface area contributed by atoms with Crippen LogP contribution in [-0.4, -0.2) is 37.9 Å². The van der Waals surface area contributed by atoms with E-state index < -0.39 is 5.97 Å². The second-order valence-corrected chi connectivity index (χ2v) is 5.46. The summed E-state index contributed by atoms with van der Waals surface area (Å²) >= 11 is 6.24. The fourth-order valence-corrected chi connectivity index (χ4v) is 2.49. The molecule has 0 spiro atoms. The third-order valence-electron chi connectivity index (χ3n) is 3.28. The standard InChI is InChI=1S/C13H18ClN5O2/c1-7(2)11-10(13(20)21-5)15-17-19(11)6-9-8(3)16-18(4)12(9)14/h7H,6H2,1-5H3. The van der Waals surface area contributed by atoms with E-state index in [9.17, 15) is 4.79 Å². The van der Waals surface area contributed by atoms with E-state index in [0.29, 0.717) is 11.7 Å². The van der Waals surface area contributed by atoms with E-state index in [2.05, 4.69) is 15.4 Å². The average molecular weight is 312 g/mol. The van der Waals surface area contributed by atoms with Crippen molar-refractivity contribution in [2.45, 2.75) is 33.2 Å². The second kappa shape index (κ2) is 5.85. The van der Waals surface area contributed by atoms with Gasteiger partial charge in [0.15, 0.2) is 5.69 Å². The molecule has 0 unspecified atom stereocenters.